The maximum absolute atomic E-state index is 4.82. The van der Waals surface area contributed by atoms with Gasteiger partial charge >= 0.3 is 0 Å². The van der Waals surface area contributed by atoms with Crippen LogP contribution in [0.2, 0.25) is 0 Å². The minimum atomic E-state index is 0.683. The maximum Gasteiger partial charge on any atom is 0.174 e. The number of nitrogens with zero attached hydrogens (tertiary/aromatic N) is 4. The van der Waals surface area contributed by atoms with Crippen LogP contribution in [0, 0.1) is 0 Å². The summed E-state index contributed by atoms with van der Waals surface area (Å²) in [4.78, 5) is 13.8. The second kappa shape index (κ2) is 8.29. The zero-order valence-corrected chi connectivity index (χ0v) is 17.7. The van der Waals surface area contributed by atoms with Crippen LogP contribution in [-0.4, -0.2) is 38.2 Å². The number of anilines is 6. The molecular weight excluding hydrogens is 372 g/mol. The second-order valence-corrected chi connectivity index (χ2v) is 7.54. The quantitative estimate of drug-likeness (QED) is 0.463. The molecule has 0 bridgehead atoms. The third-order valence-electron chi connectivity index (χ3n) is 4.86. The first-order valence-corrected chi connectivity index (χ1v) is 9.85. The molecule has 0 atom stereocenters. The van der Waals surface area contributed by atoms with Gasteiger partial charge in [0.25, 0.3) is 0 Å². The van der Waals surface area contributed by atoms with E-state index in [2.05, 4.69) is 44.7 Å². The van der Waals surface area contributed by atoms with Crippen LogP contribution in [0.4, 0.5) is 34.4 Å². The fourth-order valence-electron chi connectivity index (χ4n) is 3.13. The van der Waals surface area contributed by atoms with Gasteiger partial charge in [0.05, 0.1) is 11.0 Å². The van der Waals surface area contributed by atoms with Gasteiger partial charge in [-0.3, -0.25) is 0 Å². The summed E-state index contributed by atoms with van der Waals surface area (Å²) in [6.07, 6.45) is 0. The molecule has 152 valence electrons. The zero-order valence-electron chi connectivity index (χ0n) is 17.7. The van der Waals surface area contributed by atoms with Crippen molar-refractivity contribution >= 4 is 45.4 Å². The van der Waals surface area contributed by atoms with E-state index in [1.165, 1.54) is 0 Å². The Kier molecular flexibility index (Phi) is 5.39. The van der Waals surface area contributed by atoms with Gasteiger partial charge in [-0.25, -0.2) is 9.97 Å². The lowest BCUT2D eigenvalue weighted by Gasteiger charge is -2.16. The first-order valence-electron chi connectivity index (χ1n) is 9.85. The van der Waals surface area contributed by atoms with Gasteiger partial charge in [-0.15, -0.1) is 0 Å². The molecule has 0 radical (unpaired) electrons. The summed E-state index contributed by atoms with van der Waals surface area (Å²) >= 11 is 0. The maximum atomic E-state index is 4.82. The molecule has 0 aliphatic heterocycles. The third kappa shape index (κ3) is 4.27. The summed E-state index contributed by atoms with van der Waals surface area (Å²) in [5.74, 6) is 1.37. The third-order valence-corrected chi connectivity index (χ3v) is 4.86. The molecule has 6 heteroatoms. The summed E-state index contributed by atoms with van der Waals surface area (Å²) in [6.45, 7) is 0. The van der Waals surface area contributed by atoms with Crippen LogP contribution < -0.4 is 20.4 Å². The van der Waals surface area contributed by atoms with E-state index in [1.54, 1.807) is 0 Å². The van der Waals surface area contributed by atoms with E-state index >= 15 is 0 Å². The van der Waals surface area contributed by atoms with E-state index in [0.29, 0.717) is 11.6 Å². The Morgan fingerprint density at radius 2 is 0.900 bits per heavy atom. The number of nitrogens with one attached hydrogen (secondary N) is 2. The number of para-hydroxylation sites is 2. The van der Waals surface area contributed by atoms with Crippen molar-refractivity contribution in [1.82, 2.24) is 9.97 Å². The summed E-state index contributed by atoms with van der Waals surface area (Å²) < 4.78 is 0. The predicted octanol–water partition coefficient (Wildman–Crippen LogP) is 5.25. The van der Waals surface area contributed by atoms with E-state index in [9.17, 15) is 0 Å². The number of benzene rings is 3. The van der Waals surface area contributed by atoms with Crippen molar-refractivity contribution in [2.75, 3.05) is 48.6 Å². The molecule has 0 amide bonds. The molecule has 3 aromatic carbocycles. The van der Waals surface area contributed by atoms with E-state index in [1.807, 2.05) is 76.7 Å². The highest BCUT2D eigenvalue weighted by molar-refractivity contribution is 5.83. The standard InChI is InChI=1S/C24H26N6/c1-29(2)19-13-9-17(10-14-19)25-23-24(28-22-8-6-5-7-21(22)27-23)26-18-11-15-20(16-12-18)30(3)4/h5-16H,1-4H3,(H,25,27)(H,26,28). The fourth-order valence-corrected chi connectivity index (χ4v) is 3.13. The molecule has 0 aliphatic carbocycles. The van der Waals surface area contributed by atoms with Crippen LogP contribution in [0.3, 0.4) is 0 Å². The SMILES string of the molecule is CN(C)c1ccc(Nc2nc3ccccc3nc2Nc2ccc(N(C)C)cc2)cc1. The molecule has 1 aromatic heterocycles. The lowest BCUT2D eigenvalue weighted by Crippen LogP contribution is -2.08. The van der Waals surface area contributed by atoms with Gasteiger partial charge in [-0.1, -0.05) is 12.1 Å². The minimum absolute atomic E-state index is 0.683. The van der Waals surface area contributed by atoms with Crippen LogP contribution >= 0.6 is 0 Å². The van der Waals surface area contributed by atoms with Crippen LogP contribution in [0.25, 0.3) is 11.0 Å². The Hall–Kier alpha value is -3.80. The Balaban J connectivity index is 1.68. The fraction of sp³-hybridized carbons (Fsp3) is 0.167. The molecule has 30 heavy (non-hydrogen) atoms. The highest BCUT2D eigenvalue weighted by Crippen LogP contribution is 2.29. The molecule has 0 spiro atoms. The lowest BCUT2D eigenvalue weighted by molar-refractivity contribution is 1.13. The minimum Gasteiger partial charge on any atom is -0.378 e. The summed E-state index contributed by atoms with van der Waals surface area (Å²) in [7, 11) is 8.11. The molecule has 0 fully saturated rings. The monoisotopic (exact) mass is 398 g/mol. The second-order valence-electron chi connectivity index (χ2n) is 7.54. The van der Waals surface area contributed by atoms with Crippen molar-refractivity contribution in [3.63, 3.8) is 0 Å². The van der Waals surface area contributed by atoms with Gasteiger partial charge < -0.3 is 20.4 Å². The highest BCUT2D eigenvalue weighted by atomic mass is 15.1. The van der Waals surface area contributed by atoms with E-state index in [4.69, 9.17) is 9.97 Å². The Labute approximate surface area is 177 Å². The lowest BCUT2D eigenvalue weighted by atomic mass is 10.2. The molecule has 1 heterocycles. The van der Waals surface area contributed by atoms with Crippen molar-refractivity contribution in [3.05, 3.63) is 72.8 Å². The van der Waals surface area contributed by atoms with Gasteiger partial charge in [0.2, 0.25) is 0 Å². The molecular formula is C24H26N6. The van der Waals surface area contributed by atoms with Crippen molar-refractivity contribution < 1.29 is 0 Å². The number of hydrogen-bond acceptors (Lipinski definition) is 6. The Morgan fingerprint density at radius 3 is 1.23 bits per heavy atom. The molecule has 0 unspecified atom stereocenters. The van der Waals surface area contributed by atoms with Gasteiger partial charge in [-0.2, -0.15) is 0 Å². The molecule has 0 aliphatic rings. The average molecular weight is 399 g/mol. The molecule has 0 saturated carbocycles. The van der Waals surface area contributed by atoms with Crippen LogP contribution in [0.5, 0.6) is 0 Å². The molecule has 4 aromatic rings. The highest BCUT2D eigenvalue weighted by Gasteiger charge is 2.10. The van der Waals surface area contributed by atoms with Crippen LogP contribution in [0.1, 0.15) is 0 Å². The van der Waals surface area contributed by atoms with E-state index in [0.717, 1.165) is 33.8 Å². The smallest absolute Gasteiger partial charge is 0.174 e. The van der Waals surface area contributed by atoms with Crippen molar-refractivity contribution in [3.8, 4) is 0 Å². The summed E-state index contributed by atoms with van der Waals surface area (Å²) in [6, 6.07) is 24.4. The van der Waals surface area contributed by atoms with Gasteiger partial charge in [0.1, 0.15) is 0 Å². The largest absolute Gasteiger partial charge is 0.378 e. The first kappa shape index (κ1) is 19.5. The number of aromatic nitrogens is 2. The topological polar surface area (TPSA) is 56.3 Å². The number of rotatable bonds is 6. The normalized spacial score (nSPS) is 10.7. The van der Waals surface area contributed by atoms with Gasteiger partial charge in [0.15, 0.2) is 11.6 Å². The van der Waals surface area contributed by atoms with E-state index in [-0.39, 0.29) is 0 Å². The molecule has 2 N–H and O–H groups in total. The predicted molar refractivity (Wildman–Crippen MR) is 128 cm³/mol. The van der Waals surface area contributed by atoms with Crippen LogP contribution in [0.15, 0.2) is 72.8 Å². The van der Waals surface area contributed by atoms with E-state index < -0.39 is 0 Å². The zero-order chi connectivity index (χ0) is 21.1. The molecule has 0 saturated heterocycles. The average Bonchev–Trinajstić information content (AvgIpc) is 2.75. The number of fused-ring (bicyclic) bond motifs is 1. The van der Waals surface area contributed by atoms with Crippen LogP contribution in [-0.2, 0) is 0 Å². The summed E-state index contributed by atoms with van der Waals surface area (Å²) in [5.41, 5.74) is 5.89. The van der Waals surface area contributed by atoms with Crippen molar-refractivity contribution in [2.24, 2.45) is 0 Å². The van der Waals surface area contributed by atoms with Gasteiger partial charge in [0, 0.05) is 50.9 Å². The van der Waals surface area contributed by atoms with Crippen molar-refractivity contribution in [1.29, 1.82) is 0 Å². The molecule has 4 rings (SSSR count). The summed E-state index contributed by atoms with van der Waals surface area (Å²) in [5, 5.41) is 6.84. The Morgan fingerprint density at radius 1 is 0.533 bits per heavy atom. The first-order chi connectivity index (χ1) is 14.5. The van der Waals surface area contributed by atoms with Crippen molar-refractivity contribution in [2.45, 2.75) is 0 Å². The molecule has 6 nitrogen and oxygen atoms in total. The van der Waals surface area contributed by atoms with Gasteiger partial charge in [-0.05, 0) is 60.7 Å². The number of hydrogen-bond donors (Lipinski definition) is 2. The Bertz CT molecular complexity index is 1040.